The quantitative estimate of drug-likeness (QED) is 0.659. The van der Waals surface area contributed by atoms with Crippen LogP contribution in [0.3, 0.4) is 0 Å². The normalized spacial score (nSPS) is 13.4. The molecule has 2 aromatic rings. The zero-order chi connectivity index (χ0) is 22.2. The van der Waals surface area contributed by atoms with Crippen LogP contribution in [0.15, 0.2) is 42.5 Å². The molecule has 31 heavy (non-hydrogen) atoms. The number of ether oxygens (including phenoxy) is 2. The summed E-state index contributed by atoms with van der Waals surface area (Å²) in [5.74, 6) is -1.51. The molecular weight excluding hydrogens is 398 g/mol. The first-order chi connectivity index (χ1) is 14.9. The molecule has 0 spiro atoms. The largest absolute Gasteiger partial charge is 0.454 e. The minimum Gasteiger partial charge on any atom is -0.454 e. The predicted octanol–water partition coefficient (Wildman–Crippen LogP) is 2.05. The second-order valence-electron chi connectivity index (χ2n) is 7.34. The van der Waals surface area contributed by atoms with E-state index in [2.05, 4.69) is 15.5 Å². The Morgan fingerprint density at radius 3 is 2.39 bits per heavy atom. The van der Waals surface area contributed by atoms with E-state index in [1.165, 1.54) is 0 Å². The van der Waals surface area contributed by atoms with Crippen molar-refractivity contribution in [1.82, 2.24) is 5.32 Å². The third-order valence-corrected chi connectivity index (χ3v) is 5.05. The number of aryl methyl sites for hydroxylation is 2. The molecule has 0 aromatic heterocycles. The molecule has 0 unspecified atom stereocenters. The summed E-state index contributed by atoms with van der Waals surface area (Å²) < 4.78 is 10.3. The number of rotatable bonds is 7. The zero-order valence-electron chi connectivity index (χ0n) is 17.8. The maximum atomic E-state index is 12.1. The Hall–Kier alpha value is -3.39. The number of esters is 1. The highest BCUT2D eigenvalue weighted by atomic mass is 16.5. The van der Waals surface area contributed by atoms with Crippen LogP contribution in [0, 0.1) is 13.8 Å². The van der Waals surface area contributed by atoms with Gasteiger partial charge in [0.25, 0.3) is 11.8 Å². The molecule has 8 heteroatoms. The van der Waals surface area contributed by atoms with Gasteiger partial charge in [0.1, 0.15) is 6.54 Å². The number of hydrogen-bond donors (Lipinski definition) is 2. The molecule has 1 aliphatic heterocycles. The van der Waals surface area contributed by atoms with Crippen molar-refractivity contribution in [2.24, 2.45) is 0 Å². The van der Waals surface area contributed by atoms with Crippen molar-refractivity contribution < 1.29 is 23.9 Å². The number of carbonyl (C=O) groups is 3. The molecule has 1 fully saturated rings. The van der Waals surface area contributed by atoms with Crippen LogP contribution in [0.5, 0.6) is 0 Å². The van der Waals surface area contributed by atoms with Crippen molar-refractivity contribution in [1.29, 1.82) is 0 Å². The molecule has 0 radical (unpaired) electrons. The van der Waals surface area contributed by atoms with E-state index >= 15 is 0 Å². The summed E-state index contributed by atoms with van der Waals surface area (Å²) in [5, 5.41) is 5.18. The van der Waals surface area contributed by atoms with Gasteiger partial charge in [-0.2, -0.15) is 0 Å². The summed E-state index contributed by atoms with van der Waals surface area (Å²) in [4.78, 5) is 38.2. The summed E-state index contributed by atoms with van der Waals surface area (Å²) in [5.41, 5.74) is 4.21. The molecule has 0 saturated carbocycles. The number of carbonyl (C=O) groups excluding carboxylic acids is 3. The molecule has 2 N–H and O–H groups in total. The SMILES string of the molecule is Cc1ccc(C(=O)NCC(=O)OCC(=O)Nc2ccc(N3CCOCC3)cc2)cc1C. The minimum absolute atomic E-state index is 0.312. The highest BCUT2D eigenvalue weighted by Gasteiger charge is 2.13. The number of amides is 2. The third-order valence-electron chi connectivity index (χ3n) is 5.05. The summed E-state index contributed by atoms with van der Waals surface area (Å²) in [6.07, 6.45) is 0. The fraction of sp³-hybridized carbons (Fsp3) is 0.348. The second kappa shape index (κ2) is 10.6. The third kappa shape index (κ3) is 6.55. The Kier molecular flexibility index (Phi) is 7.61. The van der Waals surface area contributed by atoms with Crippen LogP contribution in [0.1, 0.15) is 21.5 Å². The lowest BCUT2D eigenvalue weighted by Gasteiger charge is -2.28. The Morgan fingerprint density at radius 2 is 1.71 bits per heavy atom. The molecule has 2 amide bonds. The van der Waals surface area contributed by atoms with E-state index < -0.39 is 18.5 Å². The maximum Gasteiger partial charge on any atom is 0.325 e. The lowest BCUT2D eigenvalue weighted by atomic mass is 10.1. The fourth-order valence-electron chi connectivity index (χ4n) is 3.11. The molecule has 8 nitrogen and oxygen atoms in total. The fourth-order valence-corrected chi connectivity index (χ4v) is 3.11. The highest BCUT2D eigenvalue weighted by Crippen LogP contribution is 2.19. The summed E-state index contributed by atoms with van der Waals surface area (Å²) in [7, 11) is 0. The van der Waals surface area contributed by atoms with Crippen molar-refractivity contribution in [3.05, 3.63) is 59.2 Å². The first-order valence-electron chi connectivity index (χ1n) is 10.2. The molecule has 1 saturated heterocycles. The van der Waals surface area contributed by atoms with E-state index in [4.69, 9.17) is 9.47 Å². The zero-order valence-corrected chi connectivity index (χ0v) is 17.8. The van der Waals surface area contributed by atoms with Crippen molar-refractivity contribution in [2.75, 3.05) is 49.7 Å². The van der Waals surface area contributed by atoms with Gasteiger partial charge in [0.05, 0.1) is 13.2 Å². The van der Waals surface area contributed by atoms with Gasteiger partial charge in [-0.1, -0.05) is 6.07 Å². The Bertz CT molecular complexity index is 937. The van der Waals surface area contributed by atoms with E-state index in [-0.39, 0.29) is 12.5 Å². The summed E-state index contributed by atoms with van der Waals surface area (Å²) >= 11 is 0. The van der Waals surface area contributed by atoms with Gasteiger partial charge in [0, 0.05) is 30.0 Å². The van der Waals surface area contributed by atoms with Gasteiger partial charge in [-0.3, -0.25) is 14.4 Å². The first kappa shape index (κ1) is 22.3. The van der Waals surface area contributed by atoms with Crippen molar-refractivity contribution in [3.8, 4) is 0 Å². The number of hydrogen-bond acceptors (Lipinski definition) is 6. The highest BCUT2D eigenvalue weighted by molar-refractivity contribution is 5.96. The average Bonchev–Trinajstić information content (AvgIpc) is 2.79. The number of morpholine rings is 1. The van der Waals surface area contributed by atoms with E-state index in [0.29, 0.717) is 24.5 Å². The lowest BCUT2D eigenvalue weighted by molar-refractivity contribution is -0.146. The van der Waals surface area contributed by atoms with E-state index in [1.54, 1.807) is 24.3 Å². The molecular formula is C23H27N3O5. The van der Waals surface area contributed by atoms with Gasteiger partial charge in [0.2, 0.25) is 0 Å². The Balaban J connectivity index is 1.39. The molecule has 0 atom stereocenters. The summed E-state index contributed by atoms with van der Waals surface area (Å²) in [6.45, 7) is 6.21. The maximum absolute atomic E-state index is 12.1. The second-order valence-corrected chi connectivity index (χ2v) is 7.34. The van der Waals surface area contributed by atoms with Crippen LogP contribution < -0.4 is 15.5 Å². The summed E-state index contributed by atoms with van der Waals surface area (Å²) in [6, 6.07) is 12.8. The van der Waals surface area contributed by atoms with Crippen molar-refractivity contribution in [3.63, 3.8) is 0 Å². The van der Waals surface area contributed by atoms with Crippen LogP contribution in [0.4, 0.5) is 11.4 Å². The smallest absolute Gasteiger partial charge is 0.325 e. The predicted molar refractivity (Wildman–Crippen MR) is 117 cm³/mol. The Labute approximate surface area is 181 Å². The molecule has 0 aliphatic carbocycles. The van der Waals surface area contributed by atoms with Gasteiger partial charge in [0.15, 0.2) is 6.61 Å². The van der Waals surface area contributed by atoms with Gasteiger partial charge >= 0.3 is 5.97 Å². The Morgan fingerprint density at radius 1 is 1.00 bits per heavy atom. The van der Waals surface area contributed by atoms with Crippen molar-refractivity contribution >= 4 is 29.2 Å². The van der Waals surface area contributed by atoms with Crippen LogP contribution in [-0.4, -0.2) is 57.2 Å². The topological polar surface area (TPSA) is 97.0 Å². The van der Waals surface area contributed by atoms with E-state index in [9.17, 15) is 14.4 Å². The number of anilines is 2. The molecule has 1 heterocycles. The van der Waals surface area contributed by atoms with Crippen LogP contribution >= 0.6 is 0 Å². The minimum atomic E-state index is -0.685. The molecule has 1 aliphatic rings. The number of benzene rings is 2. The molecule has 0 bridgehead atoms. The van der Waals surface area contributed by atoms with Gasteiger partial charge < -0.3 is 25.0 Å². The van der Waals surface area contributed by atoms with E-state index in [0.717, 1.165) is 29.9 Å². The van der Waals surface area contributed by atoms with Crippen LogP contribution in [-0.2, 0) is 19.1 Å². The van der Waals surface area contributed by atoms with Gasteiger partial charge in [-0.25, -0.2) is 0 Å². The van der Waals surface area contributed by atoms with E-state index in [1.807, 2.05) is 32.0 Å². The monoisotopic (exact) mass is 425 g/mol. The first-order valence-corrected chi connectivity index (χ1v) is 10.2. The average molecular weight is 425 g/mol. The molecule has 2 aromatic carbocycles. The lowest BCUT2D eigenvalue weighted by Crippen LogP contribution is -2.36. The van der Waals surface area contributed by atoms with Gasteiger partial charge in [-0.15, -0.1) is 0 Å². The van der Waals surface area contributed by atoms with Crippen molar-refractivity contribution in [2.45, 2.75) is 13.8 Å². The van der Waals surface area contributed by atoms with Gasteiger partial charge in [-0.05, 0) is 61.4 Å². The van der Waals surface area contributed by atoms with Crippen LogP contribution in [0.2, 0.25) is 0 Å². The van der Waals surface area contributed by atoms with Crippen LogP contribution in [0.25, 0.3) is 0 Å². The number of nitrogens with one attached hydrogen (secondary N) is 2. The number of nitrogens with zero attached hydrogens (tertiary/aromatic N) is 1. The standard InChI is InChI=1S/C23H27N3O5/c1-16-3-4-18(13-17(16)2)23(29)24-14-22(28)31-15-21(27)25-19-5-7-20(8-6-19)26-9-11-30-12-10-26/h3-8,13H,9-12,14-15H2,1-2H3,(H,24,29)(H,25,27). The molecule has 3 rings (SSSR count). The molecule has 164 valence electrons.